The van der Waals surface area contributed by atoms with Crippen molar-refractivity contribution in [3.05, 3.63) is 58.7 Å². The van der Waals surface area contributed by atoms with E-state index in [1.807, 2.05) is 13.8 Å². The first kappa shape index (κ1) is 42.3. The van der Waals surface area contributed by atoms with Crippen molar-refractivity contribution >= 4 is 63.2 Å². The van der Waals surface area contributed by atoms with Crippen LogP contribution in [0.2, 0.25) is 0 Å². The normalized spacial score (nSPS) is 13.9. The minimum absolute atomic E-state index is 0. The number of benzene rings is 2. The Balaban J connectivity index is 0.000000496. The maximum atomic E-state index is 12.2. The van der Waals surface area contributed by atoms with Crippen LogP contribution in [-0.4, -0.2) is 94.7 Å². The maximum Gasteiger partial charge on any atom is 0.327 e. The summed E-state index contributed by atoms with van der Waals surface area (Å²) in [6, 6.07) is 8.68. The summed E-state index contributed by atoms with van der Waals surface area (Å²) in [6.07, 6.45) is 6.74. The third-order valence-electron chi connectivity index (χ3n) is 8.03. The van der Waals surface area contributed by atoms with Gasteiger partial charge >= 0.3 is 11.9 Å². The summed E-state index contributed by atoms with van der Waals surface area (Å²) in [7, 11) is -4.76. The Labute approximate surface area is 299 Å². The van der Waals surface area contributed by atoms with Gasteiger partial charge in [-0.15, -0.1) is 0 Å². The van der Waals surface area contributed by atoms with Crippen LogP contribution in [0.5, 0.6) is 11.5 Å². The van der Waals surface area contributed by atoms with Gasteiger partial charge in [0.1, 0.15) is 11.5 Å². The van der Waals surface area contributed by atoms with Gasteiger partial charge in [0.2, 0.25) is 5.78 Å². The second-order valence-electron chi connectivity index (χ2n) is 11.4. The zero-order valence-electron chi connectivity index (χ0n) is 28.0. The van der Waals surface area contributed by atoms with Gasteiger partial charge in [-0.1, -0.05) is 90.5 Å². The summed E-state index contributed by atoms with van der Waals surface area (Å²) in [5, 5.41) is 17.5. The second kappa shape index (κ2) is 20.6. The van der Waals surface area contributed by atoms with E-state index >= 15 is 0 Å². The molecule has 0 spiro atoms. The van der Waals surface area contributed by atoms with Gasteiger partial charge in [0.25, 0.3) is 10.1 Å². The summed E-state index contributed by atoms with van der Waals surface area (Å²) in [5.74, 6) is -3.01. The fraction of sp³-hybridized carbons (Fsp3) is 0.529. The number of unbranched alkanes of at least 4 members (excludes halogenated alkanes) is 2. The summed E-state index contributed by atoms with van der Waals surface area (Å²) < 4.78 is 42.8. The summed E-state index contributed by atoms with van der Waals surface area (Å²) in [5.41, 5.74) is 0.240. The molecule has 0 heterocycles. The molecule has 2 aromatic rings. The van der Waals surface area contributed by atoms with Crippen molar-refractivity contribution in [3.63, 3.8) is 0 Å². The number of carbonyl (C=O) groups is 4. The molecule has 0 saturated heterocycles. The SMILES string of the molecule is CCCCC(CC)COC(=O)CC(C(=O)OCC(CC)CCCC)S(=O)(=O)O.O=C1c2cccc(O)c2C(=O)c2c(O)cccc21.[Na]. The molecular weight excluding hydrogens is 639 g/mol. The van der Waals surface area contributed by atoms with Crippen molar-refractivity contribution in [2.24, 2.45) is 11.8 Å². The molecule has 0 saturated carbocycles. The Hall–Kier alpha value is -2.77. The van der Waals surface area contributed by atoms with Crippen molar-refractivity contribution in [2.75, 3.05) is 13.2 Å². The predicted octanol–water partition coefficient (Wildman–Crippen LogP) is 5.64. The van der Waals surface area contributed by atoms with Crippen LogP contribution in [0.4, 0.5) is 0 Å². The van der Waals surface area contributed by atoms with Gasteiger partial charge in [0.05, 0.1) is 30.8 Å². The Bertz CT molecular complexity index is 1410. The molecule has 13 heteroatoms. The molecule has 3 rings (SSSR count). The number of esters is 2. The molecule has 0 aromatic heterocycles. The van der Waals surface area contributed by atoms with Crippen molar-refractivity contribution in [2.45, 2.75) is 90.7 Å². The van der Waals surface area contributed by atoms with Crippen molar-refractivity contribution in [3.8, 4) is 11.5 Å². The molecule has 2 aromatic carbocycles. The third kappa shape index (κ3) is 12.3. The van der Waals surface area contributed by atoms with Crippen molar-refractivity contribution in [1.29, 1.82) is 0 Å². The van der Waals surface area contributed by atoms with E-state index in [2.05, 4.69) is 13.8 Å². The monoisotopic (exact) mass is 685 g/mol. The fourth-order valence-corrected chi connectivity index (χ4v) is 5.68. The summed E-state index contributed by atoms with van der Waals surface area (Å²) in [4.78, 5) is 48.6. The second-order valence-corrected chi connectivity index (χ2v) is 13.0. The van der Waals surface area contributed by atoms with Gasteiger partial charge in [-0.25, -0.2) is 0 Å². The van der Waals surface area contributed by atoms with E-state index in [0.29, 0.717) is 0 Å². The van der Waals surface area contributed by atoms with Crippen LogP contribution < -0.4 is 0 Å². The van der Waals surface area contributed by atoms with E-state index in [1.165, 1.54) is 36.4 Å². The van der Waals surface area contributed by atoms with Gasteiger partial charge in [-0.3, -0.25) is 23.7 Å². The van der Waals surface area contributed by atoms with Gasteiger partial charge in [0, 0.05) is 40.7 Å². The molecule has 0 bridgehead atoms. The van der Waals surface area contributed by atoms with E-state index in [4.69, 9.17) is 9.47 Å². The Morgan fingerprint density at radius 2 is 1.19 bits per heavy atom. The molecule has 255 valence electrons. The molecule has 0 amide bonds. The number of aromatic hydroxyl groups is 2. The first-order valence-electron chi connectivity index (χ1n) is 15.8. The van der Waals surface area contributed by atoms with Crippen molar-refractivity contribution < 1.29 is 51.8 Å². The Morgan fingerprint density at radius 3 is 1.60 bits per heavy atom. The number of phenolic OH excluding ortho intramolecular Hbond substituents is 2. The molecule has 1 aliphatic rings. The minimum atomic E-state index is -4.76. The molecule has 1 radical (unpaired) electrons. The van der Waals surface area contributed by atoms with E-state index < -0.39 is 39.5 Å². The smallest absolute Gasteiger partial charge is 0.327 e. The quantitative estimate of drug-likeness (QED) is 0.0964. The minimum Gasteiger partial charge on any atom is -0.507 e. The summed E-state index contributed by atoms with van der Waals surface area (Å²) >= 11 is 0. The van der Waals surface area contributed by atoms with Gasteiger partial charge in [-0.2, -0.15) is 8.42 Å². The van der Waals surface area contributed by atoms with E-state index in [-0.39, 0.29) is 94.1 Å². The average molecular weight is 686 g/mol. The number of rotatable bonds is 16. The number of ether oxygens (including phenoxy) is 2. The molecule has 3 N–H and O–H groups in total. The zero-order chi connectivity index (χ0) is 34.4. The molecular formula is C34H46NaO11S. The average Bonchev–Trinajstić information content (AvgIpc) is 3.02. The number of hydrogen-bond acceptors (Lipinski definition) is 10. The molecule has 1 aliphatic carbocycles. The van der Waals surface area contributed by atoms with E-state index in [1.54, 1.807) is 0 Å². The van der Waals surface area contributed by atoms with Crippen LogP contribution in [0.15, 0.2) is 36.4 Å². The van der Waals surface area contributed by atoms with Gasteiger partial charge in [-0.05, 0) is 36.8 Å². The molecule has 3 unspecified atom stereocenters. The number of fused-ring (bicyclic) bond motifs is 2. The van der Waals surface area contributed by atoms with Crippen LogP contribution >= 0.6 is 0 Å². The molecule has 3 atom stereocenters. The molecule has 11 nitrogen and oxygen atoms in total. The number of hydrogen-bond donors (Lipinski definition) is 3. The molecule has 47 heavy (non-hydrogen) atoms. The predicted molar refractivity (Wildman–Crippen MR) is 177 cm³/mol. The topological polar surface area (TPSA) is 182 Å². The van der Waals surface area contributed by atoms with Crippen LogP contribution in [0.25, 0.3) is 0 Å². The fourth-order valence-electron chi connectivity index (χ4n) is 5.03. The van der Waals surface area contributed by atoms with Crippen molar-refractivity contribution in [1.82, 2.24) is 0 Å². The van der Waals surface area contributed by atoms with Gasteiger partial charge < -0.3 is 19.7 Å². The third-order valence-corrected chi connectivity index (χ3v) is 9.11. The van der Waals surface area contributed by atoms with Crippen LogP contribution in [0.3, 0.4) is 0 Å². The van der Waals surface area contributed by atoms with Crippen LogP contribution in [0, 0.1) is 11.8 Å². The molecule has 0 fully saturated rings. The first-order valence-corrected chi connectivity index (χ1v) is 17.3. The Morgan fingerprint density at radius 1 is 0.745 bits per heavy atom. The van der Waals surface area contributed by atoms with Crippen LogP contribution in [-0.2, 0) is 29.2 Å². The zero-order valence-corrected chi connectivity index (χ0v) is 30.8. The largest absolute Gasteiger partial charge is 0.507 e. The summed E-state index contributed by atoms with van der Waals surface area (Å²) in [6.45, 7) is 8.35. The van der Waals surface area contributed by atoms with E-state index in [9.17, 15) is 42.4 Å². The maximum absolute atomic E-state index is 12.2. The Kier molecular flexibility index (Phi) is 18.5. The molecule has 0 aliphatic heterocycles. The van der Waals surface area contributed by atoms with Crippen LogP contribution in [0.1, 0.15) is 117 Å². The van der Waals surface area contributed by atoms with Gasteiger partial charge in [0.15, 0.2) is 11.0 Å². The standard InChI is InChI=1S/C20H38O7S.C14H8O4.Na/c1-5-9-11-16(7-3)14-26-19(21)13-18(28(23,24)25)20(22)27-15-17(8-4)12-10-6-2;15-9-5-1-3-7-11(9)14(18)12-8(13(7)17)4-2-6-10(12)16;/h16-18H,5-15H2,1-4H3,(H,23,24,25);1-6,15-16H;. The first-order chi connectivity index (χ1) is 21.8. The number of ketones is 2. The van der Waals surface area contributed by atoms with E-state index in [0.717, 1.165) is 51.4 Å². The number of phenols is 2. The number of carbonyl (C=O) groups excluding carboxylic acids is 4.